The average Bonchev–Trinajstić information content (AvgIpc) is 3.08. The summed E-state index contributed by atoms with van der Waals surface area (Å²) >= 11 is 1.42. The molecule has 1 aliphatic heterocycles. The smallest absolute Gasteiger partial charge is 0.318 e. The number of carbonyl (C=O) groups excluding carboxylic acids is 2. The van der Waals surface area contributed by atoms with Gasteiger partial charge in [-0.2, -0.15) is 0 Å². The minimum Gasteiger partial charge on any atom is -0.375 e. The van der Waals surface area contributed by atoms with E-state index in [2.05, 4.69) is 10.3 Å². The van der Waals surface area contributed by atoms with Crippen molar-refractivity contribution in [2.75, 3.05) is 25.4 Å². The number of piperazine rings is 1. The van der Waals surface area contributed by atoms with Crippen molar-refractivity contribution in [3.05, 3.63) is 47.0 Å². The van der Waals surface area contributed by atoms with Crippen LogP contribution in [0.1, 0.15) is 24.6 Å². The molecular weight excluding hydrogens is 362 g/mol. The van der Waals surface area contributed by atoms with Crippen LogP contribution in [0.15, 0.2) is 35.7 Å². The largest absolute Gasteiger partial charge is 0.375 e. The van der Waals surface area contributed by atoms with Crippen molar-refractivity contribution in [2.45, 2.75) is 32.4 Å². The van der Waals surface area contributed by atoms with Gasteiger partial charge in [0.05, 0.1) is 5.69 Å². The molecule has 3 N–H and O–H groups in total. The van der Waals surface area contributed by atoms with Crippen LogP contribution in [0.25, 0.3) is 0 Å². The molecule has 0 aliphatic carbocycles. The van der Waals surface area contributed by atoms with Crippen LogP contribution in [0.4, 0.5) is 9.93 Å². The molecule has 1 fully saturated rings. The van der Waals surface area contributed by atoms with Crippen molar-refractivity contribution >= 4 is 28.4 Å². The van der Waals surface area contributed by atoms with Crippen LogP contribution in [-0.4, -0.2) is 52.4 Å². The molecule has 3 rings (SSSR count). The van der Waals surface area contributed by atoms with E-state index in [0.29, 0.717) is 31.3 Å². The number of rotatable bonds is 6. The molecule has 8 heteroatoms. The number of nitrogens with one attached hydrogen (secondary N) is 1. The number of nitrogens with zero attached hydrogens (tertiary/aromatic N) is 3. The Labute approximate surface area is 163 Å². The van der Waals surface area contributed by atoms with E-state index in [1.165, 1.54) is 11.3 Å². The lowest BCUT2D eigenvalue weighted by Gasteiger charge is -2.39. The van der Waals surface area contributed by atoms with Crippen LogP contribution in [0.2, 0.25) is 0 Å². The molecule has 1 saturated heterocycles. The Bertz CT molecular complexity index is 779. The van der Waals surface area contributed by atoms with Crippen molar-refractivity contribution in [2.24, 2.45) is 0 Å². The molecule has 1 atom stereocenters. The number of hydrogen-bond donors (Lipinski definition) is 2. The fraction of sp³-hybridized carbons (Fsp3) is 0.421. The van der Waals surface area contributed by atoms with E-state index in [-0.39, 0.29) is 11.9 Å². The van der Waals surface area contributed by atoms with Crippen molar-refractivity contribution in [1.29, 1.82) is 0 Å². The van der Waals surface area contributed by atoms with Gasteiger partial charge in [-0.05, 0) is 25.3 Å². The highest BCUT2D eigenvalue weighted by molar-refractivity contribution is 7.13. The van der Waals surface area contributed by atoms with Crippen molar-refractivity contribution in [3.8, 4) is 0 Å². The summed E-state index contributed by atoms with van der Waals surface area (Å²) in [5.74, 6) is -0.0156. The molecule has 0 radical (unpaired) electrons. The summed E-state index contributed by atoms with van der Waals surface area (Å²) in [6.45, 7) is 3.99. The van der Waals surface area contributed by atoms with Crippen LogP contribution >= 0.6 is 11.3 Å². The predicted octanol–water partition coefficient (Wildman–Crippen LogP) is 2.10. The van der Waals surface area contributed by atoms with Gasteiger partial charge >= 0.3 is 6.03 Å². The van der Waals surface area contributed by atoms with E-state index in [9.17, 15) is 9.59 Å². The standard InChI is InChI=1S/C19H25N5O2S/c1-14-17(25)23(12-15-6-3-2-4-7-15)10-11-24(14)19(26)21-9-5-8-16-13-27-18(20)22-16/h2-4,6-7,13-14H,5,8-12H2,1H3,(H2,20,22)(H,21,26). The number of thiazole rings is 1. The third-order valence-electron chi connectivity index (χ3n) is 4.68. The van der Waals surface area contributed by atoms with E-state index in [1.54, 1.807) is 11.8 Å². The predicted molar refractivity (Wildman–Crippen MR) is 106 cm³/mol. The summed E-state index contributed by atoms with van der Waals surface area (Å²) in [6.07, 6.45) is 1.55. The van der Waals surface area contributed by atoms with Crippen LogP contribution in [0.5, 0.6) is 0 Å². The highest BCUT2D eigenvalue weighted by Crippen LogP contribution is 2.15. The van der Waals surface area contributed by atoms with Gasteiger partial charge in [-0.15, -0.1) is 11.3 Å². The number of anilines is 1. The van der Waals surface area contributed by atoms with Gasteiger partial charge in [0, 0.05) is 31.6 Å². The number of benzene rings is 1. The number of nitrogens with two attached hydrogens (primary N) is 1. The van der Waals surface area contributed by atoms with Gasteiger partial charge in [0.1, 0.15) is 6.04 Å². The molecule has 0 bridgehead atoms. The third-order valence-corrected chi connectivity index (χ3v) is 5.40. The molecule has 1 aliphatic rings. The molecule has 0 spiro atoms. The summed E-state index contributed by atoms with van der Waals surface area (Å²) in [7, 11) is 0. The Kier molecular flexibility index (Phi) is 6.28. The maximum atomic E-state index is 12.6. The normalized spacial score (nSPS) is 17.2. The number of amides is 3. The Balaban J connectivity index is 1.45. The Morgan fingerprint density at radius 1 is 1.33 bits per heavy atom. The lowest BCUT2D eigenvalue weighted by molar-refractivity contribution is -0.139. The summed E-state index contributed by atoms with van der Waals surface area (Å²) in [4.78, 5) is 32.7. The molecular formula is C19H25N5O2S. The lowest BCUT2D eigenvalue weighted by atomic mass is 10.1. The van der Waals surface area contributed by atoms with Gasteiger partial charge in [0.15, 0.2) is 5.13 Å². The second-order valence-electron chi connectivity index (χ2n) is 6.63. The molecule has 0 saturated carbocycles. The van der Waals surface area contributed by atoms with Gasteiger partial charge < -0.3 is 20.9 Å². The number of aryl methyl sites for hydroxylation is 1. The Morgan fingerprint density at radius 2 is 2.11 bits per heavy atom. The topological polar surface area (TPSA) is 91.6 Å². The molecule has 1 aromatic heterocycles. The van der Waals surface area contributed by atoms with Crippen LogP contribution in [0, 0.1) is 0 Å². The minimum absolute atomic E-state index is 0.0156. The highest BCUT2D eigenvalue weighted by atomic mass is 32.1. The zero-order valence-corrected chi connectivity index (χ0v) is 16.2. The number of carbonyl (C=O) groups is 2. The fourth-order valence-corrected chi connectivity index (χ4v) is 3.77. The van der Waals surface area contributed by atoms with Gasteiger partial charge in [0.25, 0.3) is 0 Å². The molecule has 7 nitrogen and oxygen atoms in total. The minimum atomic E-state index is -0.458. The first-order valence-corrected chi connectivity index (χ1v) is 9.99. The average molecular weight is 388 g/mol. The van der Waals surface area contributed by atoms with Crippen molar-refractivity contribution in [3.63, 3.8) is 0 Å². The quantitative estimate of drug-likeness (QED) is 0.743. The molecule has 2 heterocycles. The molecule has 27 heavy (non-hydrogen) atoms. The maximum Gasteiger partial charge on any atom is 0.318 e. The van der Waals surface area contributed by atoms with Crippen LogP contribution in [-0.2, 0) is 17.8 Å². The van der Waals surface area contributed by atoms with Gasteiger partial charge in [-0.3, -0.25) is 4.79 Å². The molecule has 1 aromatic carbocycles. The number of hydrogen-bond acceptors (Lipinski definition) is 5. The lowest BCUT2D eigenvalue weighted by Crippen LogP contribution is -2.59. The monoisotopic (exact) mass is 387 g/mol. The SMILES string of the molecule is CC1C(=O)N(Cc2ccccc2)CCN1C(=O)NCCCc1csc(N)n1. The summed E-state index contributed by atoms with van der Waals surface area (Å²) in [5, 5.41) is 5.40. The first-order valence-electron chi connectivity index (χ1n) is 9.11. The third kappa shape index (κ3) is 4.97. The zero-order chi connectivity index (χ0) is 19.2. The highest BCUT2D eigenvalue weighted by Gasteiger charge is 2.34. The van der Waals surface area contributed by atoms with Crippen molar-refractivity contribution in [1.82, 2.24) is 20.1 Å². The number of urea groups is 1. The van der Waals surface area contributed by atoms with Gasteiger partial charge in [0.2, 0.25) is 5.91 Å². The molecule has 3 amide bonds. The van der Waals surface area contributed by atoms with E-state index >= 15 is 0 Å². The number of nitrogen functional groups attached to an aromatic ring is 1. The summed E-state index contributed by atoms with van der Waals surface area (Å²) in [5.41, 5.74) is 7.66. The Hall–Kier alpha value is -2.61. The fourth-order valence-electron chi connectivity index (χ4n) is 3.17. The van der Waals surface area contributed by atoms with Crippen LogP contribution < -0.4 is 11.1 Å². The van der Waals surface area contributed by atoms with Gasteiger partial charge in [-0.1, -0.05) is 30.3 Å². The van der Waals surface area contributed by atoms with E-state index < -0.39 is 6.04 Å². The molecule has 144 valence electrons. The number of aromatic nitrogens is 1. The summed E-state index contributed by atoms with van der Waals surface area (Å²) < 4.78 is 0. The first kappa shape index (κ1) is 19.2. The van der Waals surface area contributed by atoms with E-state index in [4.69, 9.17) is 5.73 Å². The van der Waals surface area contributed by atoms with Crippen molar-refractivity contribution < 1.29 is 9.59 Å². The second-order valence-corrected chi connectivity index (χ2v) is 7.52. The van der Waals surface area contributed by atoms with Crippen LogP contribution in [0.3, 0.4) is 0 Å². The van der Waals surface area contributed by atoms with Gasteiger partial charge in [-0.25, -0.2) is 9.78 Å². The van der Waals surface area contributed by atoms with E-state index in [0.717, 1.165) is 24.1 Å². The second kappa shape index (κ2) is 8.85. The first-order chi connectivity index (χ1) is 13.0. The molecule has 2 aromatic rings. The Morgan fingerprint density at radius 3 is 2.81 bits per heavy atom. The van der Waals surface area contributed by atoms with E-state index in [1.807, 2.05) is 40.6 Å². The molecule has 1 unspecified atom stereocenters. The summed E-state index contributed by atoms with van der Waals surface area (Å²) in [6, 6.07) is 9.26. The maximum absolute atomic E-state index is 12.6. The zero-order valence-electron chi connectivity index (χ0n) is 15.4.